The van der Waals surface area contributed by atoms with E-state index in [9.17, 15) is 13.2 Å². The zero-order valence-electron chi connectivity index (χ0n) is 9.90. The normalized spacial score (nSPS) is 23.2. The van der Waals surface area contributed by atoms with Gasteiger partial charge in [0.2, 0.25) is 5.91 Å². The molecule has 0 aliphatic carbocycles. The molecule has 1 atom stereocenters. The lowest BCUT2D eigenvalue weighted by Gasteiger charge is -2.20. The van der Waals surface area contributed by atoms with Crippen molar-refractivity contribution in [1.82, 2.24) is 10.2 Å². The molecule has 0 aromatic heterocycles. The highest BCUT2D eigenvalue weighted by molar-refractivity contribution is 7.91. The second-order valence-electron chi connectivity index (χ2n) is 4.32. The number of rotatable bonds is 5. The second-order valence-corrected chi connectivity index (χ2v) is 6.55. The number of nitrogens with zero attached hydrogens (tertiary/aromatic N) is 1. The predicted molar refractivity (Wildman–Crippen MR) is 62.9 cm³/mol. The number of hydrogen-bond acceptors (Lipinski definition) is 4. The van der Waals surface area contributed by atoms with Crippen molar-refractivity contribution in [3.8, 4) is 0 Å². The van der Waals surface area contributed by atoms with Gasteiger partial charge in [0.05, 0.1) is 17.4 Å². The molecule has 6 heteroatoms. The summed E-state index contributed by atoms with van der Waals surface area (Å²) in [5.74, 6) is -0.155. The van der Waals surface area contributed by atoms with Crippen molar-refractivity contribution in [2.75, 3.05) is 38.7 Å². The molecule has 1 aliphatic rings. The molecule has 1 rings (SSSR count). The van der Waals surface area contributed by atoms with Crippen LogP contribution < -0.4 is 5.32 Å². The lowest BCUT2D eigenvalue weighted by atomic mass is 10.1. The summed E-state index contributed by atoms with van der Waals surface area (Å²) in [5, 5.41) is 3.01. The quantitative estimate of drug-likeness (QED) is 0.665. The van der Waals surface area contributed by atoms with Crippen LogP contribution in [0, 0.1) is 5.92 Å². The van der Waals surface area contributed by atoms with Crippen molar-refractivity contribution in [2.45, 2.75) is 12.8 Å². The summed E-state index contributed by atoms with van der Waals surface area (Å²) < 4.78 is 22.5. The van der Waals surface area contributed by atoms with Crippen molar-refractivity contribution in [3.05, 3.63) is 0 Å². The first-order chi connectivity index (χ1) is 7.46. The number of carbonyl (C=O) groups excluding carboxylic acids is 1. The lowest BCUT2D eigenvalue weighted by molar-refractivity contribution is -0.133. The van der Waals surface area contributed by atoms with Gasteiger partial charge in [-0.3, -0.25) is 4.79 Å². The molecule has 1 fully saturated rings. The Hall–Kier alpha value is -0.620. The Balaban J connectivity index is 2.40. The molecule has 0 radical (unpaired) electrons. The highest BCUT2D eigenvalue weighted by Gasteiger charge is 2.34. The van der Waals surface area contributed by atoms with E-state index in [-0.39, 0.29) is 23.3 Å². The van der Waals surface area contributed by atoms with E-state index in [2.05, 4.69) is 5.32 Å². The Morgan fingerprint density at radius 3 is 2.69 bits per heavy atom. The van der Waals surface area contributed by atoms with Crippen molar-refractivity contribution < 1.29 is 13.2 Å². The minimum absolute atomic E-state index is 0.0300. The number of hydrogen-bond donors (Lipinski definition) is 1. The number of nitrogens with one attached hydrogen (secondary N) is 1. The summed E-state index contributed by atoms with van der Waals surface area (Å²) in [6, 6.07) is 0. The molecule has 0 saturated carbocycles. The molecule has 1 saturated heterocycles. The number of sulfone groups is 1. The van der Waals surface area contributed by atoms with Crippen LogP contribution in [0.4, 0.5) is 0 Å². The van der Waals surface area contributed by atoms with Crippen molar-refractivity contribution in [1.29, 1.82) is 0 Å². The third-order valence-corrected chi connectivity index (χ3v) is 4.65. The second kappa shape index (κ2) is 5.63. The Morgan fingerprint density at radius 2 is 2.19 bits per heavy atom. The van der Waals surface area contributed by atoms with Gasteiger partial charge in [-0.1, -0.05) is 0 Å². The first-order valence-corrected chi connectivity index (χ1v) is 7.38. The first kappa shape index (κ1) is 13.4. The summed E-state index contributed by atoms with van der Waals surface area (Å²) in [6.45, 7) is 1.54. The zero-order valence-corrected chi connectivity index (χ0v) is 10.7. The number of amides is 1. The monoisotopic (exact) mass is 248 g/mol. The molecular weight excluding hydrogens is 228 g/mol. The van der Waals surface area contributed by atoms with E-state index in [1.165, 1.54) is 0 Å². The smallest absolute Gasteiger partial charge is 0.226 e. The molecule has 1 heterocycles. The predicted octanol–water partition coefficient (Wildman–Crippen LogP) is -0.511. The van der Waals surface area contributed by atoms with Crippen LogP contribution in [-0.4, -0.2) is 57.9 Å². The molecule has 16 heavy (non-hydrogen) atoms. The molecule has 1 N–H and O–H groups in total. The summed E-state index contributed by atoms with van der Waals surface area (Å²) >= 11 is 0. The van der Waals surface area contributed by atoms with Crippen molar-refractivity contribution >= 4 is 15.7 Å². The highest BCUT2D eigenvalue weighted by atomic mass is 32.2. The fourth-order valence-corrected chi connectivity index (χ4v) is 3.64. The van der Waals surface area contributed by atoms with Gasteiger partial charge in [0.15, 0.2) is 9.84 Å². The fraction of sp³-hybridized carbons (Fsp3) is 0.900. The standard InChI is InChI=1S/C10H20N2O3S/c1-11-5-3-6-12(2)10(13)9-4-7-16(14,15)8-9/h9,11H,3-8H2,1-2H3. The van der Waals surface area contributed by atoms with E-state index < -0.39 is 9.84 Å². The molecular formula is C10H20N2O3S. The maximum Gasteiger partial charge on any atom is 0.226 e. The van der Waals surface area contributed by atoms with Gasteiger partial charge in [-0.05, 0) is 26.4 Å². The minimum atomic E-state index is -2.96. The molecule has 5 nitrogen and oxygen atoms in total. The van der Waals surface area contributed by atoms with E-state index in [0.717, 1.165) is 13.0 Å². The average Bonchev–Trinajstić information content (AvgIpc) is 2.58. The van der Waals surface area contributed by atoms with Gasteiger partial charge in [-0.15, -0.1) is 0 Å². The Kier molecular flexibility index (Phi) is 4.73. The third-order valence-electron chi connectivity index (χ3n) is 2.88. The van der Waals surface area contributed by atoms with Crippen LogP contribution in [0.3, 0.4) is 0 Å². The van der Waals surface area contributed by atoms with Crippen LogP contribution in [-0.2, 0) is 14.6 Å². The maximum absolute atomic E-state index is 11.9. The molecule has 0 bridgehead atoms. The van der Waals surface area contributed by atoms with Gasteiger partial charge < -0.3 is 10.2 Å². The Labute approximate surface area is 97.1 Å². The first-order valence-electron chi connectivity index (χ1n) is 5.56. The zero-order chi connectivity index (χ0) is 12.2. The van der Waals surface area contributed by atoms with E-state index in [4.69, 9.17) is 0 Å². The van der Waals surface area contributed by atoms with E-state index in [1.807, 2.05) is 7.05 Å². The van der Waals surface area contributed by atoms with E-state index in [1.54, 1.807) is 11.9 Å². The van der Waals surface area contributed by atoms with Crippen LogP contribution in [0.25, 0.3) is 0 Å². The van der Waals surface area contributed by atoms with Crippen LogP contribution in [0.2, 0.25) is 0 Å². The molecule has 1 unspecified atom stereocenters. The minimum Gasteiger partial charge on any atom is -0.345 e. The van der Waals surface area contributed by atoms with E-state index in [0.29, 0.717) is 13.0 Å². The van der Waals surface area contributed by atoms with E-state index >= 15 is 0 Å². The molecule has 94 valence electrons. The third kappa shape index (κ3) is 3.75. The van der Waals surface area contributed by atoms with Crippen molar-refractivity contribution in [2.24, 2.45) is 5.92 Å². The number of carbonyl (C=O) groups is 1. The topological polar surface area (TPSA) is 66.5 Å². The van der Waals surface area contributed by atoms with Crippen molar-refractivity contribution in [3.63, 3.8) is 0 Å². The molecule has 1 amide bonds. The maximum atomic E-state index is 11.9. The lowest BCUT2D eigenvalue weighted by Crippen LogP contribution is -2.35. The van der Waals surface area contributed by atoms with Crippen LogP contribution in [0.15, 0.2) is 0 Å². The van der Waals surface area contributed by atoms with Gasteiger partial charge >= 0.3 is 0 Å². The van der Waals surface area contributed by atoms with Gasteiger partial charge in [0, 0.05) is 13.6 Å². The van der Waals surface area contributed by atoms with Gasteiger partial charge in [0.1, 0.15) is 0 Å². The highest BCUT2D eigenvalue weighted by Crippen LogP contribution is 2.20. The van der Waals surface area contributed by atoms with Gasteiger partial charge in [-0.2, -0.15) is 0 Å². The average molecular weight is 248 g/mol. The van der Waals surface area contributed by atoms with Crippen LogP contribution in [0.5, 0.6) is 0 Å². The Bertz CT molecular complexity index is 340. The molecule has 0 spiro atoms. The summed E-state index contributed by atoms with van der Waals surface area (Å²) in [5.41, 5.74) is 0. The summed E-state index contributed by atoms with van der Waals surface area (Å²) in [6.07, 6.45) is 1.37. The summed E-state index contributed by atoms with van der Waals surface area (Å²) in [7, 11) is 0.646. The molecule has 0 aromatic rings. The van der Waals surface area contributed by atoms with Gasteiger partial charge in [-0.25, -0.2) is 8.42 Å². The Morgan fingerprint density at radius 1 is 1.50 bits per heavy atom. The van der Waals surface area contributed by atoms with Crippen LogP contribution >= 0.6 is 0 Å². The fourth-order valence-electron chi connectivity index (χ4n) is 1.90. The largest absolute Gasteiger partial charge is 0.345 e. The SMILES string of the molecule is CNCCCN(C)C(=O)C1CCS(=O)(=O)C1. The molecule has 1 aliphatic heterocycles. The van der Waals surface area contributed by atoms with Crippen LogP contribution in [0.1, 0.15) is 12.8 Å². The van der Waals surface area contributed by atoms with Gasteiger partial charge in [0.25, 0.3) is 0 Å². The summed E-state index contributed by atoms with van der Waals surface area (Å²) in [4.78, 5) is 13.5. The molecule has 0 aromatic carbocycles.